The van der Waals surface area contributed by atoms with E-state index in [-0.39, 0.29) is 17.8 Å². The van der Waals surface area contributed by atoms with Crippen LogP contribution in [0.15, 0.2) is 35.3 Å². The number of rotatable bonds is 9. The number of aliphatic hydroxyl groups is 1. The number of pyridine rings is 1. The lowest BCUT2D eigenvalue weighted by molar-refractivity contribution is -0.152. The number of carbonyl (C=O) groups is 1. The van der Waals surface area contributed by atoms with Gasteiger partial charge < -0.3 is 23.7 Å². The van der Waals surface area contributed by atoms with Crippen LogP contribution in [0.4, 0.5) is 0 Å². The van der Waals surface area contributed by atoms with Crippen molar-refractivity contribution in [3.8, 4) is 11.4 Å². The number of aromatic nitrogens is 3. The predicted octanol–water partition coefficient (Wildman–Crippen LogP) is 2.68. The van der Waals surface area contributed by atoms with E-state index in [1.165, 1.54) is 0 Å². The second kappa shape index (κ2) is 10.9. The van der Waals surface area contributed by atoms with Gasteiger partial charge in [0, 0.05) is 37.5 Å². The van der Waals surface area contributed by atoms with Crippen molar-refractivity contribution in [3.05, 3.63) is 51.9 Å². The highest BCUT2D eigenvalue weighted by molar-refractivity contribution is 5.81. The molecule has 0 spiro atoms. The first-order valence-electron chi connectivity index (χ1n) is 12.5. The second-order valence-electron chi connectivity index (χ2n) is 9.92. The van der Waals surface area contributed by atoms with E-state index >= 15 is 0 Å². The van der Waals surface area contributed by atoms with E-state index in [0.29, 0.717) is 18.7 Å². The molecule has 0 amide bonds. The van der Waals surface area contributed by atoms with Crippen molar-refractivity contribution >= 4 is 17.0 Å². The van der Waals surface area contributed by atoms with Gasteiger partial charge in [0.15, 0.2) is 0 Å². The Labute approximate surface area is 211 Å². The summed E-state index contributed by atoms with van der Waals surface area (Å²) in [5.41, 5.74) is 4.21. The summed E-state index contributed by atoms with van der Waals surface area (Å²) in [4.78, 5) is 29.6. The number of hydrogen-bond donors (Lipinski definition) is 2. The van der Waals surface area contributed by atoms with Gasteiger partial charge in [0.05, 0.1) is 35.9 Å². The normalized spacial score (nSPS) is 17.6. The molecular formula is C27H36N4O5. The Morgan fingerprint density at radius 1 is 1.31 bits per heavy atom. The Kier molecular flexibility index (Phi) is 7.92. The lowest BCUT2D eigenvalue weighted by atomic mass is 10.1. The van der Waals surface area contributed by atoms with Gasteiger partial charge in [0.25, 0.3) is 5.56 Å². The zero-order valence-electron chi connectivity index (χ0n) is 21.7. The minimum Gasteiger partial charge on any atom is -0.462 e. The summed E-state index contributed by atoms with van der Waals surface area (Å²) in [7, 11) is 1.75. The van der Waals surface area contributed by atoms with Gasteiger partial charge in [-0.25, -0.2) is 4.98 Å². The van der Waals surface area contributed by atoms with Crippen molar-refractivity contribution in [1.29, 1.82) is 0 Å². The fourth-order valence-corrected chi connectivity index (χ4v) is 4.67. The van der Waals surface area contributed by atoms with E-state index in [4.69, 9.17) is 14.5 Å². The van der Waals surface area contributed by atoms with Crippen LogP contribution >= 0.6 is 0 Å². The summed E-state index contributed by atoms with van der Waals surface area (Å²) >= 11 is 0. The fourth-order valence-electron chi connectivity index (χ4n) is 4.67. The van der Waals surface area contributed by atoms with Crippen molar-refractivity contribution in [1.82, 2.24) is 19.4 Å². The minimum absolute atomic E-state index is 0.0300. The van der Waals surface area contributed by atoms with Gasteiger partial charge in [-0.2, -0.15) is 0 Å². The monoisotopic (exact) mass is 496 g/mol. The second-order valence-corrected chi connectivity index (χ2v) is 9.92. The largest absolute Gasteiger partial charge is 0.462 e. The molecule has 194 valence electrons. The Morgan fingerprint density at radius 2 is 2.08 bits per heavy atom. The summed E-state index contributed by atoms with van der Waals surface area (Å²) < 4.78 is 14.9. The summed E-state index contributed by atoms with van der Waals surface area (Å²) in [6.07, 6.45) is 2.83. The highest BCUT2D eigenvalue weighted by atomic mass is 16.5. The third-order valence-electron chi connectivity index (χ3n) is 6.46. The number of nitrogens with one attached hydrogen (secondary N) is 1. The zero-order valence-corrected chi connectivity index (χ0v) is 21.7. The van der Waals surface area contributed by atoms with E-state index in [9.17, 15) is 14.7 Å². The molecule has 9 heteroatoms. The van der Waals surface area contributed by atoms with Gasteiger partial charge in [-0.3, -0.25) is 14.9 Å². The van der Waals surface area contributed by atoms with Crippen molar-refractivity contribution in [2.75, 3.05) is 6.61 Å². The maximum Gasteiger partial charge on any atom is 0.326 e. The predicted molar refractivity (Wildman–Crippen MR) is 138 cm³/mol. The Morgan fingerprint density at radius 3 is 2.72 bits per heavy atom. The molecule has 1 aromatic carbocycles. The van der Waals surface area contributed by atoms with E-state index in [2.05, 4.69) is 9.88 Å². The first-order valence-corrected chi connectivity index (χ1v) is 12.5. The quantitative estimate of drug-likeness (QED) is 0.439. The maximum atomic E-state index is 12.4. The van der Waals surface area contributed by atoms with Crippen LogP contribution in [0.1, 0.15) is 44.7 Å². The van der Waals surface area contributed by atoms with E-state index in [1.54, 1.807) is 32.4 Å². The Bertz CT molecular complexity index is 1260. The molecule has 3 aromatic rings. The highest BCUT2D eigenvalue weighted by Gasteiger charge is 2.26. The van der Waals surface area contributed by atoms with Crippen molar-refractivity contribution < 1.29 is 19.4 Å². The van der Waals surface area contributed by atoms with Gasteiger partial charge in [0.1, 0.15) is 11.9 Å². The highest BCUT2D eigenvalue weighted by Crippen LogP contribution is 2.28. The number of esters is 1. The van der Waals surface area contributed by atoms with Crippen LogP contribution in [0.25, 0.3) is 22.4 Å². The number of hydrogen-bond acceptors (Lipinski definition) is 7. The molecule has 1 aliphatic heterocycles. The standard InChI is InChI=1S/C27H36N4O5/c1-16(2)36-27(34)24(18(4)32)28-13-19-8-9-23-22(12-19)29-25(31(23)15-21-7-6-10-35-21)20-11-17(3)26(33)30(5)14-20/h8-9,11-12,14,16,18,21,24,28,32H,6-7,10,13,15H2,1-5H3/t18-,21+,24?/m1/s1. The molecule has 1 fully saturated rings. The molecule has 9 nitrogen and oxygen atoms in total. The summed E-state index contributed by atoms with van der Waals surface area (Å²) in [6.45, 7) is 8.75. The molecular weight excluding hydrogens is 460 g/mol. The van der Waals surface area contributed by atoms with Gasteiger partial charge in [-0.15, -0.1) is 0 Å². The third kappa shape index (κ3) is 5.69. The van der Waals surface area contributed by atoms with Crippen molar-refractivity contribution in [3.63, 3.8) is 0 Å². The lowest BCUT2D eigenvalue weighted by Gasteiger charge is -2.21. The van der Waals surface area contributed by atoms with Crippen LogP contribution in [0.3, 0.4) is 0 Å². The molecule has 0 aliphatic carbocycles. The Balaban J connectivity index is 1.67. The molecule has 0 radical (unpaired) electrons. The number of benzene rings is 1. The molecule has 0 bridgehead atoms. The molecule has 0 saturated carbocycles. The summed E-state index contributed by atoms with van der Waals surface area (Å²) in [5.74, 6) is 0.306. The van der Waals surface area contributed by atoms with Crippen LogP contribution in [0.2, 0.25) is 0 Å². The van der Waals surface area contributed by atoms with Gasteiger partial charge >= 0.3 is 5.97 Å². The Hall–Kier alpha value is -3.01. The number of aryl methyl sites for hydroxylation is 2. The smallest absolute Gasteiger partial charge is 0.326 e. The summed E-state index contributed by atoms with van der Waals surface area (Å²) in [6, 6.07) is 7.05. The molecule has 1 saturated heterocycles. The van der Waals surface area contributed by atoms with Crippen LogP contribution in [0, 0.1) is 6.92 Å². The lowest BCUT2D eigenvalue weighted by Crippen LogP contribution is -2.46. The number of fused-ring (bicyclic) bond motifs is 1. The average Bonchev–Trinajstić information content (AvgIpc) is 3.45. The number of aliphatic hydroxyl groups excluding tert-OH is 1. The average molecular weight is 497 g/mol. The molecule has 4 rings (SSSR count). The molecule has 36 heavy (non-hydrogen) atoms. The van der Waals surface area contributed by atoms with Gasteiger partial charge in [0.2, 0.25) is 0 Å². The number of nitrogens with zero attached hydrogens (tertiary/aromatic N) is 3. The molecule has 3 atom stereocenters. The van der Waals surface area contributed by atoms with Crippen molar-refractivity contribution in [2.24, 2.45) is 7.05 Å². The first kappa shape index (κ1) is 26.1. The van der Waals surface area contributed by atoms with Crippen LogP contribution in [0.5, 0.6) is 0 Å². The molecule has 2 aromatic heterocycles. The zero-order chi connectivity index (χ0) is 26.0. The van der Waals surface area contributed by atoms with E-state index in [1.807, 2.05) is 37.4 Å². The molecule has 2 N–H and O–H groups in total. The maximum absolute atomic E-state index is 12.4. The first-order chi connectivity index (χ1) is 17.1. The van der Waals surface area contributed by atoms with Gasteiger partial charge in [-0.05, 0) is 64.3 Å². The topological polar surface area (TPSA) is 108 Å². The number of imidazole rings is 1. The minimum atomic E-state index is -0.898. The SMILES string of the molecule is Cc1cc(-c2nc3cc(CNC(C(=O)OC(C)C)[C@@H](C)O)ccc3n2C[C@@H]2CCCO2)cn(C)c1=O. The molecule has 3 heterocycles. The molecule has 1 unspecified atom stereocenters. The number of ether oxygens (including phenoxy) is 2. The van der Waals surface area contributed by atoms with Crippen LogP contribution in [-0.2, 0) is 34.4 Å². The third-order valence-corrected chi connectivity index (χ3v) is 6.46. The van der Waals surface area contributed by atoms with Crippen LogP contribution in [-0.4, -0.2) is 56.2 Å². The van der Waals surface area contributed by atoms with Gasteiger partial charge in [-0.1, -0.05) is 6.07 Å². The fraction of sp³-hybridized carbons (Fsp3) is 0.519. The van der Waals surface area contributed by atoms with Crippen LogP contribution < -0.4 is 10.9 Å². The van der Waals surface area contributed by atoms with E-state index < -0.39 is 18.1 Å². The van der Waals surface area contributed by atoms with Crippen molar-refractivity contribution in [2.45, 2.75) is 78.0 Å². The van der Waals surface area contributed by atoms with E-state index in [0.717, 1.165) is 47.4 Å². The number of carbonyl (C=O) groups excluding carboxylic acids is 1. The molecule has 1 aliphatic rings. The summed E-state index contributed by atoms with van der Waals surface area (Å²) in [5, 5.41) is 13.2.